The van der Waals surface area contributed by atoms with Crippen LogP contribution in [-0.2, 0) is 4.74 Å². The molecule has 4 unspecified atom stereocenters. The quantitative estimate of drug-likeness (QED) is 0.102. The van der Waals surface area contributed by atoms with Crippen LogP contribution in [0.15, 0.2) is 24.3 Å². The number of unbranched alkanes of at least 4 members (excludes halogenated alkanes) is 10. The lowest BCUT2D eigenvalue weighted by Gasteiger charge is -2.32. The summed E-state index contributed by atoms with van der Waals surface area (Å²) in [5.74, 6) is 1.28. The summed E-state index contributed by atoms with van der Waals surface area (Å²) in [5, 5.41) is 0. The highest BCUT2D eigenvalue weighted by atomic mass is 16.5. The van der Waals surface area contributed by atoms with Crippen molar-refractivity contribution in [2.45, 2.75) is 169 Å². The third kappa shape index (κ3) is 17.5. The lowest BCUT2D eigenvalue weighted by molar-refractivity contribution is -0.0268. The summed E-state index contributed by atoms with van der Waals surface area (Å²) in [6.45, 7) is 13.9. The Balaban J connectivity index is 5.44. The van der Waals surface area contributed by atoms with Gasteiger partial charge in [-0.15, -0.1) is 0 Å². The van der Waals surface area contributed by atoms with Crippen molar-refractivity contribution in [1.29, 1.82) is 0 Å². The number of ether oxygens (including phenoxy) is 1. The van der Waals surface area contributed by atoms with E-state index in [4.69, 9.17) is 4.74 Å². The van der Waals surface area contributed by atoms with Crippen molar-refractivity contribution in [2.75, 3.05) is 0 Å². The fourth-order valence-electron chi connectivity index (χ4n) is 4.78. The Morgan fingerprint density at radius 1 is 0.485 bits per heavy atom. The molecule has 0 heterocycles. The Kier molecular flexibility index (Phi) is 24.1. The molecular formula is C32H62O. The highest BCUT2D eigenvalue weighted by Crippen LogP contribution is 2.28. The smallest absolute Gasteiger partial charge is 0.0792 e. The molecule has 0 saturated carbocycles. The van der Waals surface area contributed by atoms with Gasteiger partial charge in [0.2, 0.25) is 0 Å². The maximum Gasteiger partial charge on any atom is 0.0792 e. The molecule has 0 saturated heterocycles. The van der Waals surface area contributed by atoms with E-state index in [1.54, 1.807) is 0 Å². The van der Waals surface area contributed by atoms with Gasteiger partial charge in [0.05, 0.1) is 12.2 Å². The molecule has 0 aliphatic rings. The van der Waals surface area contributed by atoms with Gasteiger partial charge in [0.1, 0.15) is 0 Å². The zero-order chi connectivity index (χ0) is 24.6. The van der Waals surface area contributed by atoms with Crippen LogP contribution in [-0.4, -0.2) is 12.2 Å². The molecule has 0 fully saturated rings. The van der Waals surface area contributed by atoms with E-state index in [-0.39, 0.29) is 12.2 Å². The van der Waals surface area contributed by atoms with Crippen molar-refractivity contribution < 1.29 is 4.74 Å². The molecule has 0 rings (SSSR count). The Hall–Kier alpha value is -0.560. The average Bonchev–Trinajstić information content (AvgIpc) is 2.83. The Morgan fingerprint density at radius 2 is 0.879 bits per heavy atom. The van der Waals surface area contributed by atoms with Crippen LogP contribution >= 0.6 is 0 Å². The summed E-state index contributed by atoms with van der Waals surface area (Å²) in [6, 6.07) is 0. The van der Waals surface area contributed by atoms with Gasteiger partial charge >= 0.3 is 0 Å². The summed E-state index contributed by atoms with van der Waals surface area (Å²) >= 11 is 0. The van der Waals surface area contributed by atoms with Crippen LogP contribution in [0.5, 0.6) is 0 Å². The number of allylic oxidation sites excluding steroid dienone is 2. The highest BCUT2D eigenvalue weighted by molar-refractivity contribution is 4.98. The van der Waals surface area contributed by atoms with Gasteiger partial charge in [0, 0.05) is 0 Å². The van der Waals surface area contributed by atoms with Gasteiger partial charge in [0.25, 0.3) is 0 Å². The molecule has 0 spiro atoms. The molecular weight excluding hydrogens is 400 g/mol. The molecule has 0 aliphatic heterocycles. The molecule has 0 aromatic carbocycles. The average molecular weight is 463 g/mol. The molecule has 0 aromatic heterocycles. The van der Waals surface area contributed by atoms with Gasteiger partial charge in [-0.3, -0.25) is 0 Å². The fourth-order valence-corrected chi connectivity index (χ4v) is 4.78. The first-order chi connectivity index (χ1) is 16.2. The lowest BCUT2D eigenvalue weighted by Crippen LogP contribution is -2.31. The molecule has 0 bridgehead atoms. The normalized spacial score (nSPS) is 15.9. The molecule has 196 valence electrons. The fraction of sp³-hybridized carbons (Fsp3) is 0.875. The maximum atomic E-state index is 7.06. The second kappa shape index (κ2) is 24.6. The van der Waals surface area contributed by atoms with Crippen LogP contribution < -0.4 is 0 Å². The second-order valence-electron chi connectivity index (χ2n) is 10.2. The first-order valence-electron chi connectivity index (χ1n) is 15.2. The Morgan fingerprint density at radius 3 is 1.21 bits per heavy atom. The minimum atomic E-state index is 0.263. The van der Waals surface area contributed by atoms with E-state index in [0.29, 0.717) is 11.8 Å². The molecule has 0 aliphatic carbocycles. The molecule has 1 nitrogen and oxygen atoms in total. The second-order valence-corrected chi connectivity index (χ2v) is 10.2. The van der Waals surface area contributed by atoms with E-state index in [0.717, 1.165) is 0 Å². The molecule has 0 aromatic rings. The lowest BCUT2D eigenvalue weighted by atomic mass is 9.89. The standard InChI is InChI=1S/C32H62O/c1-7-13-17-21-25-29(11-5)31(27-23-19-15-9-3)33-32(28-24-20-16-10-4)30(12-6)26-22-18-14-8-2/h23-24,27-32H,7-22,25-26H2,1-6H3. The third-order valence-corrected chi connectivity index (χ3v) is 7.25. The van der Waals surface area contributed by atoms with Crippen LogP contribution in [0.25, 0.3) is 0 Å². The topological polar surface area (TPSA) is 9.23 Å². The molecule has 0 N–H and O–H groups in total. The van der Waals surface area contributed by atoms with Gasteiger partial charge in [-0.25, -0.2) is 0 Å². The summed E-state index contributed by atoms with van der Waals surface area (Å²) < 4.78 is 7.06. The van der Waals surface area contributed by atoms with Crippen LogP contribution in [0.2, 0.25) is 0 Å². The Labute approximate surface area is 210 Å². The number of hydrogen-bond donors (Lipinski definition) is 0. The minimum absolute atomic E-state index is 0.263. The Bertz CT molecular complexity index is 398. The van der Waals surface area contributed by atoms with E-state index in [1.165, 1.54) is 116 Å². The minimum Gasteiger partial charge on any atom is -0.366 e. The SMILES string of the molecule is CCCCC=CC(OC(C=CCCCC)C(CC)CCCCCC)C(CC)CCCCCC. The predicted molar refractivity (Wildman–Crippen MR) is 151 cm³/mol. The molecule has 1 heteroatoms. The highest BCUT2D eigenvalue weighted by Gasteiger charge is 2.25. The van der Waals surface area contributed by atoms with Gasteiger partial charge < -0.3 is 4.74 Å². The van der Waals surface area contributed by atoms with Gasteiger partial charge in [-0.1, -0.05) is 156 Å². The third-order valence-electron chi connectivity index (χ3n) is 7.25. The zero-order valence-electron chi connectivity index (χ0n) is 23.8. The number of hydrogen-bond acceptors (Lipinski definition) is 1. The van der Waals surface area contributed by atoms with E-state index in [9.17, 15) is 0 Å². The van der Waals surface area contributed by atoms with Crippen molar-refractivity contribution in [3.05, 3.63) is 24.3 Å². The van der Waals surface area contributed by atoms with Crippen molar-refractivity contribution in [3.63, 3.8) is 0 Å². The molecule has 0 radical (unpaired) electrons. The molecule has 4 atom stereocenters. The van der Waals surface area contributed by atoms with Crippen LogP contribution in [0, 0.1) is 11.8 Å². The van der Waals surface area contributed by atoms with Crippen LogP contribution in [0.4, 0.5) is 0 Å². The zero-order valence-corrected chi connectivity index (χ0v) is 23.8. The largest absolute Gasteiger partial charge is 0.366 e. The van der Waals surface area contributed by atoms with Gasteiger partial charge in [-0.05, 0) is 37.5 Å². The summed E-state index contributed by atoms with van der Waals surface area (Å²) in [5.41, 5.74) is 0. The van der Waals surface area contributed by atoms with Crippen molar-refractivity contribution in [1.82, 2.24) is 0 Å². The molecule has 0 amide bonds. The predicted octanol–water partition coefficient (Wildman–Crippen LogP) is 11.2. The van der Waals surface area contributed by atoms with Crippen LogP contribution in [0.1, 0.15) is 157 Å². The van der Waals surface area contributed by atoms with Crippen molar-refractivity contribution >= 4 is 0 Å². The van der Waals surface area contributed by atoms with Crippen molar-refractivity contribution in [2.24, 2.45) is 11.8 Å². The first kappa shape index (κ1) is 32.4. The van der Waals surface area contributed by atoms with Crippen LogP contribution in [0.3, 0.4) is 0 Å². The summed E-state index contributed by atoms with van der Waals surface area (Å²) in [7, 11) is 0. The first-order valence-corrected chi connectivity index (χ1v) is 15.2. The van der Waals surface area contributed by atoms with Crippen molar-refractivity contribution in [3.8, 4) is 0 Å². The van der Waals surface area contributed by atoms with E-state index in [1.807, 2.05) is 0 Å². The summed E-state index contributed by atoms with van der Waals surface area (Å²) in [4.78, 5) is 0. The van der Waals surface area contributed by atoms with E-state index >= 15 is 0 Å². The number of rotatable bonds is 24. The van der Waals surface area contributed by atoms with E-state index < -0.39 is 0 Å². The van der Waals surface area contributed by atoms with Gasteiger partial charge in [-0.2, -0.15) is 0 Å². The maximum absolute atomic E-state index is 7.06. The monoisotopic (exact) mass is 462 g/mol. The molecule has 33 heavy (non-hydrogen) atoms. The van der Waals surface area contributed by atoms with E-state index in [2.05, 4.69) is 65.8 Å². The van der Waals surface area contributed by atoms with Gasteiger partial charge in [0.15, 0.2) is 0 Å². The summed E-state index contributed by atoms with van der Waals surface area (Å²) in [6.07, 6.45) is 33.6.